The van der Waals surface area contributed by atoms with E-state index in [-0.39, 0.29) is 24.2 Å². The number of anilines is 1. The van der Waals surface area contributed by atoms with E-state index in [0.717, 1.165) is 11.5 Å². The SMILES string of the molecule is CC(C)c1nc2c(o1)CCN(C(=O)C1CC(=O)Nc3ccc(F)cc31)C2. The molecule has 3 heterocycles. The van der Waals surface area contributed by atoms with Gasteiger partial charge in [0.25, 0.3) is 0 Å². The van der Waals surface area contributed by atoms with Gasteiger partial charge in [-0.2, -0.15) is 0 Å². The summed E-state index contributed by atoms with van der Waals surface area (Å²) < 4.78 is 19.5. The van der Waals surface area contributed by atoms with Crippen LogP contribution in [-0.4, -0.2) is 28.2 Å². The van der Waals surface area contributed by atoms with Gasteiger partial charge in [0.1, 0.15) is 17.3 Å². The molecular weight excluding hydrogens is 337 g/mol. The second kappa shape index (κ2) is 6.23. The Morgan fingerprint density at radius 1 is 1.42 bits per heavy atom. The minimum atomic E-state index is -0.674. The predicted octanol–water partition coefficient (Wildman–Crippen LogP) is 2.95. The van der Waals surface area contributed by atoms with Gasteiger partial charge in [-0.3, -0.25) is 9.59 Å². The lowest BCUT2D eigenvalue weighted by molar-refractivity contribution is -0.135. The first kappa shape index (κ1) is 16.8. The maximum Gasteiger partial charge on any atom is 0.231 e. The number of halogens is 1. The van der Waals surface area contributed by atoms with E-state index in [1.54, 1.807) is 4.90 Å². The number of carbonyl (C=O) groups excluding carboxylic acids is 2. The van der Waals surface area contributed by atoms with Crippen LogP contribution < -0.4 is 5.32 Å². The predicted molar refractivity (Wildman–Crippen MR) is 92.1 cm³/mol. The van der Waals surface area contributed by atoms with E-state index < -0.39 is 11.7 Å². The molecule has 0 saturated carbocycles. The number of oxazole rings is 1. The monoisotopic (exact) mass is 357 g/mol. The lowest BCUT2D eigenvalue weighted by Gasteiger charge is -2.32. The zero-order valence-corrected chi connectivity index (χ0v) is 14.7. The molecule has 2 amide bonds. The molecular formula is C19H20FN3O3. The molecule has 26 heavy (non-hydrogen) atoms. The molecule has 2 aliphatic heterocycles. The quantitative estimate of drug-likeness (QED) is 0.897. The van der Waals surface area contributed by atoms with Crippen molar-refractivity contribution in [3.63, 3.8) is 0 Å². The fourth-order valence-electron chi connectivity index (χ4n) is 3.53. The fourth-order valence-corrected chi connectivity index (χ4v) is 3.53. The summed E-state index contributed by atoms with van der Waals surface area (Å²) >= 11 is 0. The molecule has 2 aromatic rings. The minimum Gasteiger partial charge on any atom is -0.445 e. The molecule has 0 bridgehead atoms. The third-order valence-electron chi connectivity index (χ3n) is 4.90. The highest BCUT2D eigenvalue weighted by atomic mass is 19.1. The maximum absolute atomic E-state index is 13.7. The molecule has 1 unspecified atom stereocenters. The standard InChI is InChI=1S/C19H20FN3O3/c1-10(2)18-22-15-9-23(6-5-16(15)26-18)19(25)13-8-17(24)21-14-4-3-11(20)7-12(13)14/h3-4,7,10,13H,5-6,8-9H2,1-2H3,(H,21,24). The van der Waals surface area contributed by atoms with Crippen LogP contribution in [0.3, 0.4) is 0 Å². The van der Waals surface area contributed by atoms with E-state index in [1.807, 2.05) is 13.8 Å². The normalized spacial score (nSPS) is 19.2. The summed E-state index contributed by atoms with van der Waals surface area (Å²) in [5.74, 6) is 0.181. The molecule has 136 valence electrons. The van der Waals surface area contributed by atoms with Crippen molar-refractivity contribution in [3.8, 4) is 0 Å². The fraction of sp³-hybridized carbons (Fsp3) is 0.421. The number of hydrogen-bond donors (Lipinski definition) is 1. The van der Waals surface area contributed by atoms with Gasteiger partial charge >= 0.3 is 0 Å². The Labute approximate surface area is 150 Å². The zero-order valence-electron chi connectivity index (χ0n) is 14.7. The number of benzene rings is 1. The van der Waals surface area contributed by atoms with Crippen molar-refractivity contribution in [3.05, 3.63) is 46.9 Å². The van der Waals surface area contributed by atoms with Crippen LogP contribution in [0.15, 0.2) is 22.6 Å². The van der Waals surface area contributed by atoms with Crippen LogP contribution in [0, 0.1) is 5.82 Å². The first-order valence-corrected chi connectivity index (χ1v) is 8.79. The summed E-state index contributed by atoms with van der Waals surface area (Å²) in [7, 11) is 0. The van der Waals surface area contributed by atoms with Gasteiger partial charge in [0, 0.05) is 31.0 Å². The largest absolute Gasteiger partial charge is 0.445 e. The number of nitrogens with zero attached hydrogens (tertiary/aromatic N) is 2. The van der Waals surface area contributed by atoms with E-state index in [0.29, 0.717) is 36.7 Å². The highest BCUT2D eigenvalue weighted by Gasteiger charge is 2.36. The molecule has 0 saturated heterocycles. The third-order valence-corrected chi connectivity index (χ3v) is 4.90. The van der Waals surface area contributed by atoms with Crippen molar-refractivity contribution in [2.75, 3.05) is 11.9 Å². The topological polar surface area (TPSA) is 75.4 Å². The van der Waals surface area contributed by atoms with Gasteiger partial charge in [-0.05, 0) is 23.8 Å². The van der Waals surface area contributed by atoms with Gasteiger partial charge in [0.05, 0.1) is 12.5 Å². The molecule has 1 aromatic carbocycles. The molecule has 1 N–H and O–H groups in total. The first-order valence-electron chi connectivity index (χ1n) is 8.79. The van der Waals surface area contributed by atoms with Crippen molar-refractivity contribution in [1.29, 1.82) is 0 Å². The van der Waals surface area contributed by atoms with E-state index in [2.05, 4.69) is 10.3 Å². The Hall–Kier alpha value is -2.70. The Bertz CT molecular complexity index is 890. The minimum absolute atomic E-state index is 0.0225. The van der Waals surface area contributed by atoms with E-state index in [4.69, 9.17) is 4.42 Å². The van der Waals surface area contributed by atoms with Gasteiger partial charge in [-0.25, -0.2) is 9.37 Å². The molecule has 6 nitrogen and oxygen atoms in total. The van der Waals surface area contributed by atoms with Crippen molar-refractivity contribution in [1.82, 2.24) is 9.88 Å². The molecule has 0 fully saturated rings. The maximum atomic E-state index is 13.7. The van der Waals surface area contributed by atoms with Crippen molar-refractivity contribution in [2.45, 2.75) is 45.1 Å². The number of carbonyl (C=O) groups is 2. The lowest BCUT2D eigenvalue weighted by atomic mass is 9.88. The summed E-state index contributed by atoms with van der Waals surface area (Å²) in [4.78, 5) is 31.3. The van der Waals surface area contributed by atoms with Gasteiger partial charge in [-0.1, -0.05) is 13.8 Å². The van der Waals surface area contributed by atoms with E-state index in [1.165, 1.54) is 18.2 Å². The lowest BCUT2D eigenvalue weighted by Crippen LogP contribution is -2.41. The highest BCUT2D eigenvalue weighted by molar-refractivity contribution is 6.01. The molecule has 0 aliphatic carbocycles. The third kappa shape index (κ3) is 2.87. The number of amides is 2. The molecule has 0 spiro atoms. The van der Waals surface area contributed by atoms with Crippen LogP contribution in [0.25, 0.3) is 0 Å². The Morgan fingerprint density at radius 2 is 2.23 bits per heavy atom. The van der Waals surface area contributed by atoms with Gasteiger partial charge in [0.15, 0.2) is 5.89 Å². The Balaban J connectivity index is 1.60. The molecule has 1 atom stereocenters. The van der Waals surface area contributed by atoms with Crippen molar-refractivity contribution >= 4 is 17.5 Å². The smallest absolute Gasteiger partial charge is 0.231 e. The Morgan fingerprint density at radius 3 is 3.00 bits per heavy atom. The van der Waals surface area contributed by atoms with Crippen LogP contribution in [0.2, 0.25) is 0 Å². The number of hydrogen-bond acceptors (Lipinski definition) is 4. The first-order chi connectivity index (χ1) is 12.4. The zero-order chi connectivity index (χ0) is 18.4. The number of aromatic nitrogens is 1. The summed E-state index contributed by atoms with van der Waals surface area (Å²) in [5, 5.41) is 2.70. The average molecular weight is 357 g/mol. The highest BCUT2D eigenvalue weighted by Crippen LogP contribution is 2.35. The number of fused-ring (bicyclic) bond motifs is 2. The summed E-state index contributed by atoms with van der Waals surface area (Å²) in [6.45, 7) is 4.87. The summed E-state index contributed by atoms with van der Waals surface area (Å²) in [5.41, 5.74) is 1.80. The summed E-state index contributed by atoms with van der Waals surface area (Å²) in [6.07, 6.45) is 0.615. The van der Waals surface area contributed by atoms with Crippen LogP contribution in [-0.2, 0) is 22.6 Å². The average Bonchev–Trinajstić information content (AvgIpc) is 3.04. The van der Waals surface area contributed by atoms with Crippen molar-refractivity contribution in [2.24, 2.45) is 0 Å². The van der Waals surface area contributed by atoms with Crippen LogP contribution in [0.1, 0.15) is 55.0 Å². The number of nitrogens with one attached hydrogen (secondary N) is 1. The number of rotatable bonds is 2. The van der Waals surface area contributed by atoms with Crippen molar-refractivity contribution < 1.29 is 18.4 Å². The van der Waals surface area contributed by atoms with Gasteiger partial charge < -0.3 is 14.6 Å². The van der Waals surface area contributed by atoms with Crippen LogP contribution in [0.5, 0.6) is 0 Å². The molecule has 1 aromatic heterocycles. The Kier molecular flexibility index (Phi) is 4.01. The van der Waals surface area contributed by atoms with Gasteiger partial charge in [0.2, 0.25) is 11.8 Å². The van der Waals surface area contributed by atoms with E-state index in [9.17, 15) is 14.0 Å². The summed E-state index contributed by atoms with van der Waals surface area (Å²) in [6, 6.07) is 4.12. The van der Waals surface area contributed by atoms with E-state index >= 15 is 0 Å². The van der Waals surface area contributed by atoms with Crippen LogP contribution in [0.4, 0.5) is 10.1 Å². The van der Waals surface area contributed by atoms with Gasteiger partial charge in [-0.15, -0.1) is 0 Å². The second-order valence-electron chi connectivity index (χ2n) is 7.12. The molecule has 2 aliphatic rings. The molecule has 4 rings (SSSR count). The molecule has 7 heteroatoms. The second-order valence-corrected chi connectivity index (χ2v) is 7.12. The van der Waals surface area contributed by atoms with Crippen LogP contribution >= 0.6 is 0 Å². The molecule has 0 radical (unpaired) electrons.